The predicted octanol–water partition coefficient (Wildman–Crippen LogP) is -4.71. The van der Waals surface area contributed by atoms with E-state index < -0.39 is 91.7 Å². The zero-order chi connectivity index (χ0) is 26.9. The van der Waals surface area contributed by atoms with Crippen molar-refractivity contribution in [3.63, 3.8) is 0 Å². The smallest absolute Gasteiger partial charge is 0.187 e. The van der Waals surface area contributed by atoms with E-state index >= 15 is 0 Å². The topological polar surface area (TPSA) is 248 Å². The molecule has 36 heavy (non-hydrogen) atoms. The summed E-state index contributed by atoms with van der Waals surface area (Å²) in [6.07, 6.45) is -14.4. The molecule has 2 aliphatic heterocycles. The van der Waals surface area contributed by atoms with Crippen molar-refractivity contribution in [2.24, 2.45) is 17.2 Å². The van der Waals surface area contributed by atoms with Crippen molar-refractivity contribution in [3.8, 4) is 0 Å². The molecule has 0 amide bonds. The maximum absolute atomic E-state index is 11.2. The third-order valence-corrected chi connectivity index (χ3v) is 7.01. The zero-order valence-corrected chi connectivity index (χ0v) is 20.5. The molecule has 3 rings (SSSR count). The van der Waals surface area contributed by atoms with E-state index in [0.29, 0.717) is 6.54 Å². The number of ether oxygens (including phenoxy) is 4. The Hall–Kier alpha value is -0.980. The molecule has 3 fully saturated rings. The standard InChI is InChI=1S/C22H42N4O10/c1-4-5-26-10-6-9(24)19(35-21-11(25)13(29)14(30)18(34-21)8(3)27)20(12(10)28)36-22-16(32)15(31)17(33-22)7(2)23/h8-22,26-32H,2,4-6,23-25H2,1,3H3/t8-,9?,10?,11?,12-,13?,14+,15?,16?,17-,18?,19-,20?,21-,22+/m1/s1. The van der Waals surface area contributed by atoms with E-state index in [4.69, 9.17) is 36.1 Å². The van der Waals surface area contributed by atoms with Crippen LogP contribution >= 0.6 is 0 Å². The molecule has 14 nitrogen and oxygen atoms in total. The lowest BCUT2D eigenvalue weighted by Crippen LogP contribution is -2.68. The number of hydrogen-bond acceptors (Lipinski definition) is 14. The van der Waals surface area contributed by atoms with Crippen LogP contribution in [0, 0.1) is 0 Å². The Labute approximate surface area is 209 Å². The fraction of sp³-hybridized carbons (Fsp3) is 0.909. The third kappa shape index (κ3) is 6.02. The Morgan fingerprint density at radius 1 is 0.972 bits per heavy atom. The van der Waals surface area contributed by atoms with Gasteiger partial charge in [0.15, 0.2) is 12.6 Å². The Morgan fingerprint density at radius 2 is 1.61 bits per heavy atom. The van der Waals surface area contributed by atoms with Crippen LogP contribution < -0.4 is 22.5 Å². The molecule has 0 aromatic heterocycles. The fourth-order valence-corrected chi connectivity index (χ4v) is 4.91. The first-order valence-corrected chi connectivity index (χ1v) is 12.3. The van der Waals surface area contributed by atoms with Gasteiger partial charge in [-0.25, -0.2) is 0 Å². The minimum atomic E-state index is -1.51. The molecule has 1 saturated carbocycles. The second-order valence-electron chi connectivity index (χ2n) is 9.90. The number of nitrogens with two attached hydrogens (primary N) is 3. The largest absolute Gasteiger partial charge is 0.400 e. The molecule has 3 aliphatic rings. The second kappa shape index (κ2) is 12.3. The number of aliphatic hydroxyl groups is 6. The van der Waals surface area contributed by atoms with Gasteiger partial charge < -0.3 is 72.1 Å². The summed E-state index contributed by atoms with van der Waals surface area (Å²) in [5.74, 6) is 0. The highest BCUT2D eigenvalue weighted by Crippen LogP contribution is 2.33. The molecule has 8 unspecified atom stereocenters. The van der Waals surface area contributed by atoms with E-state index in [-0.39, 0.29) is 12.1 Å². The van der Waals surface area contributed by atoms with Crippen molar-refractivity contribution >= 4 is 0 Å². The van der Waals surface area contributed by atoms with Gasteiger partial charge in [0.25, 0.3) is 0 Å². The highest BCUT2D eigenvalue weighted by molar-refractivity contribution is 5.07. The van der Waals surface area contributed by atoms with E-state index in [2.05, 4.69) is 11.9 Å². The van der Waals surface area contributed by atoms with Crippen LogP contribution in [0.25, 0.3) is 0 Å². The van der Waals surface area contributed by atoms with Crippen LogP contribution in [0.5, 0.6) is 0 Å². The van der Waals surface area contributed by atoms with Gasteiger partial charge in [-0.2, -0.15) is 0 Å². The predicted molar refractivity (Wildman–Crippen MR) is 125 cm³/mol. The van der Waals surface area contributed by atoms with Gasteiger partial charge >= 0.3 is 0 Å². The molecule has 13 N–H and O–H groups in total. The van der Waals surface area contributed by atoms with Crippen LogP contribution in [-0.4, -0.2) is 129 Å². The van der Waals surface area contributed by atoms with E-state index in [1.807, 2.05) is 6.92 Å². The summed E-state index contributed by atoms with van der Waals surface area (Å²) in [4.78, 5) is 0. The molecule has 0 bridgehead atoms. The average molecular weight is 523 g/mol. The molecule has 2 saturated heterocycles. The number of aliphatic hydroxyl groups excluding tert-OH is 6. The zero-order valence-electron chi connectivity index (χ0n) is 20.5. The van der Waals surface area contributed by atoms with Gasteiger partial charge in [0, 0.05) is 17.8 Å². The van der Waals surface area contributed by atoms with Crippen molar-refractivity contribution < 1.29 is 49.6 Å². The van der Waals surface area contributed by atoms with E-state index in [9.17, 15) is 30.6 Å². The maximum Gasteiger partial charge on any atom is 0.187 e. The molecule has 210 valence electrons. The Balaban J connectivity index is 1.84. The minimum Gasteiger partial charge on any atom is -0.400 e. The minimum absolute atomic E-state index is 0.0119. The summed E-state index contributed by atoms with van der Waals surface area (Å²) in [5.41, 5.74) is 18.1. The summed E-state index contributed by atoms with van der Waals surface area (Å²) in [6, 6.07) is -2.44. The number of rotatable bonds is 9. The lowest BCUT2D eigenvalue weighted by molar-refractivity contribution is -0.315. The van der Waals surface area contributed by atoms with Gasteiger partial charge in [-0.1, -0.05) is 13.5 Å². The van der Waals surface area contributed by atoms with Crippen molar-refractivity contribution in [1.82, 2.24) is 5.32 Å². The maximum atomic E-state index is 11.2. The first-order chi connectivity index (χ1) is 16.9. The third-order valence-electron chi connectivity index (χ3n) is 7.01. The van der Waals surface area contributed by atoms with E-state index in [1.54, 1.807) is 0 Å². The van der Waals surface area contributed by atoms with Crippen LogP contribution in [-0.2, 0) is 18.9 Å². The van der Waals surface area contributed by atoms with Gasteiger partial charge in [0.1, 0.15) is 48.8 Å². The molecule has 1 aliphatic carbocycles. The monoisotopic (exact) mass is 522 g/mol. The lowest BCUT2D eigenvalue weighted by Gasteiger charge is -2.48. The Bertz CT molecular complexity index is 735. The molecule has 0 radical (unpaired) electrons. The number of hydrogen-bond donors (Lipinski definition) is 10. The molecule has 14 heteroatoms. The molecule has 0 aromatic rings. The first kappa shape index (κ1) is 29.6. The van der Waals surface area contributed by atoms with Gasteiger partial charge in [-0.15, -0.1) is 0 Å². The summed E-state index contributed by atoms with van der Waals surface area (Å²) >= 11 is 0. The second-order valence-corrected chi connectivity index (χ2v) is 9.90. The van der Waals surface area contributed by atoms with Crippen molar-refractivity contribution in [1.29, 1.82) is 0 Å². The van der Waals surface area contributed by atoms with Crippen LogP contribution in [0.3, 0.4) is 0 Å². The van der Waals surface area contributed by atoms with Gasteiger partial charge in [0.2, 0.25) is 0 Å². The summed E-state index contributed by atoms with van der Waals surface area (Å²) in [6.45, 7) is 7.48. The molecular weight excluding hydrogens is 480 g/mol. The lowest BCUT2D eigenvalue weighted by atomic mass is 9.83. The summed E-state index contributed by atoms with van der Waals surface area (Å²) in [5, 5.41) is 65.7. The molecular formula is C22H42N4O10. The summed E-state index contributed by atoms with van der Waals surface area (Å²) < 4.78 is 23.2. The number of nitrogens with one attached hydrogen (secondary N) is 1. The van der Waals surface area contributed by atoms with E-state index in [0.717, 1.165) is 6.42 Å². The first-order valence-electron chi connectivity index (χ1n) is 12.3. The SMILES string of the molecule is C=C(N)[C@H]1O[C@@H](OC2[C@H](O)C(NCCC)CC(N)[C@H]2O[C@H]2OC([C@@H](C)O)[C@@H](O)C(O)C2N)C(O)C1O. The molecule has 0 spiro atoms. The van der Waals surface area contributed by atoms with E-state index in [1.165, 1.54) is 6.92 Å². The van der Waals surface area contributed by atoms with Gasteiger partial charge in [-0.3, -0.25) is 0 Å². The van der Waals surface area contributed by atoms with Crippen molar-refractivity contribution in [2.45, 2.75) is 118 Å². The molecule has 0 aromatic carbocycles. The Kier molecular flexibility index (Phi) is 10.1. The van der Waals surface area contributed by atoms with Gasteiger partial charge in [0.05, 0.1) is 18.2 Å². The quantitative estimate of drug-likeness (QED) is 0.137. The normalized spacial score (nSPS) is 48.6. The molecule has 15 atom stereocenters. The average Bonchev–Trinajstić information content (AvgIpc) is 3.10. The molecule has 2 heterocycles. The highest BCUT2D eigenvalue weighted by atomic mass is 16.7. The van der Waals surface area contributed by atoms with Crippen LogP contribution in [0.1, 0.15) is 26.7 Å². The van der Waals surface area contributed by atoms with Crippen LogP contribution in [0.15, 0.2) is 12.3 Å². The highest BCUT2D eigenvalue weighted by Gasteiger charge is 2.53. The van der Waals surface area contributed by atoms with Crippen molar-refractivity contribution in [2.75, 3.05) is 6.54 Å². The summed E-state index contributed by atoms with van der Waals surface area (Å²) in [7, 11) is 0. The van der Waals surface area contributed by atoms with Crippen LogP contribution in [0.2, 0.25) is 0 Å². The fourth-order valence-electron chi connectivity index (χ4n) is 4.91. The van der Waals surface area contributed by atoms with Gasteiger partial charge in [-0.05, 0) is 26.3 Å². The van der Waals surface area contributed by atoms with Crippen LogP contribution in [0.4, 0.5) is 0 Å². The van der Waals surface area contributed by atoms with Crippen molar-refractivity contribution in [3.05, 3.63) is 12.3 Å². The Morgan fingerprint density at radius 3 is 2.17 bits per heavy atom.